The van der Waals surface area contributed by atoms with Crippen LogP contribution in [0.2, 0.25) is 0 Å². The zero-order chi connectivity index (χ0) is 22.8. The van der Waals surface area contributed by atoms with E-state index in [0.717, 1.165) is 22.2 Å². The van der Waals surface area contributed by atoms with Crippen molar-refractivity contribution >= 4 is 22.5 Å². The molecule has 5 aromatic rings. The van der Waals surface area contributed by atoms with Crippen LogP contribution >= 0.6 is 0 Å². The molecule has 3 heterocycles. The van der Waals surface area contributed by atoms with Crippen LogP contribution in [0.25, 0.3) is 22.2 Å². The highest BCUT2D eigenvalue weighted by Gasteiger charge is 2.20. The third-order valence-corrected chi connectivity index (χ3v) is 5.46. The van der Waals surface area contributed by atoms with Crippen molar-refractivity contribution in [1.29, 1.82) is 0 Å². The van der Waals surface area contributed by atoms with Gasteiger partial charge in [-0.25, -0.2) is 4.68 Å². The number of para-hydroxylation sites is 1. The number of carbonyl (C=O) groups is 1. The number of amides is 1. The molecule has 0 atom stereocenters. The second-order valence-electron chi connectivity index (χ2n) is 7.77. The number of aryl methyl sites for hydroxylation is 2. The molecule has 2 aromatic carbocycles. The first kappa shape index (κ1) is 20.5. The van der Waals surface area contributed by atoms with Crippen molar-refractivity contribution in [2.45, 2.75) is 13.5 Å². The standard InChI is InChI=1S/C26H23N5O2/c1-18-25(26(30(2)29-18)33-21-12-8-14-27-16-21)28-24(32)17-31-22-13-7-6-11-20(22)15-23(31)19-9-4-3-5-10-19/h3-16H,17H2,1-2H3,(H,28,32). The van der Waals surface area contributed by atoms with E-state index in [-0.39, 0.29) is 12.5 Å². The molecular formula is C26H23N5O2. The van der Waals surface area contributed by atoms with Gasteiger partial charge in [0.05, 0.1) is 11.9 Å². The van der Waals surface area contributed by atoms with E-state index in [0.29, 0.717) is 23.0 Å². The first-order chi connectivity index (χ1) is 16.1. The summed E-state index contributed by atoms with van der Waals surface area (Å²) in [5.41, 5.74) is 4.26. The molecule has 7 nitrogen and oxygen atoms in total. The van der Waals surface area contributed by atoms with Gasteiger partial charge in [-0.15, -0.1) is 0 Å². The van der Waals surface area contributed by atoms with Crippen molar-refractivity contribution in [3.63, 3.8) is 0 Å². The molecule has 0 aliphatic carbocycles. The monoisotopic (exact) mass is 437 g/mol. The zero-order valence-electron chi connectivity index (χ0n) is 18.4. The van der Waals surface area contributed by atoms with Crippen LogP contribution in [0.5, 0.6) is 11.6 Å². The average Bonchev–Trinajstić information content (AvgIpc) is 3.32. The fourth-order valence-corrected chi connectivity index (χ4v) is 3.97. The van der Waals surface area contributed by atoms with Crippen molar-refractivity contribution in [3.05, 3.63) is 90.9 Å². The minimum Gasteiger partial charge on any atom is -0.436 e. The molecule has 0 saturated carbocycles. The summed E-state index contributed by atoms with van der Waals surface area (Å²) in [4.78, 5) is 17.3. The smallest absolute Gasteiger partial charge is 0.244 e. The number of carbonyl (C=O) groups excluding carboxylic acids is 1. The number of aromatic nitrogens is 4. The molecule has 1 N–H and O–H groups in total. The number of pyridine rings is 1. The number of fused-ring (bicyclic) bond motifs is 1. The van der Waals surface area contributed by atoms with Gasteiger partial charge in [-0.2, -0.15) is 5.10 Å². The Labute approximate surface area is 191 Å². The summed E-state index contributed by atoms with van der Waals surface area (Å²) in [6, 6.07) is 23.9. The van der Waals surface area contributed by atoms with Crippen LogP contribution in [0, 0.1) is 6.92 Å². The molecule has 0 spiro atoms. The van der Waals surface area contributed by atoms with Gasteiger partial charge < -0.3 is 14.6 Å². The second kappa shape index (κ2) is 8.63. The lowest BCUT2D eigenvalue weighted by Crippen LogP contribution is -2.19. The van der Waals surface area contributed by atoms with Gasteiger partial charge in [0.2, 0.25) is 11.8 Å². The number of anilines is 1. The van der Waals surface area contributed by atoms with Crippen molar-refractivity contribution in [3.8, 4) is 22.9 Å². The minimum absolute atomic E-state index is 0.151. The average molecular weight is 438 g/mol. The Kier molecular flexibility index (Phi) is 5.36. The predicted molar refractivity (Wildman–Crippen MR) is 128 cm³/mol. The van der Waals surface area contributed by atoms with Crippen LogP contribution in [-0.2, 0) is 18.4 Å². The number of ether oxygens (including phenoxy) is 1. The molecule has 0 bridgehead atoms. The molecule has 33 heavy (non-hydrogen) atoms. The lowest BCUT2D eigenvalue weighted by atomic mass is 10.1. The molecule has 0 aliphatic heterocycles. The Bertz CT molecular complexity index is 1420. The van der Waals surface area contributed by atoms with Crippen LogP contribution in [0.4, 0.5) is 5.69 Å². The third-order valence-electron chi connectivity index (χ3n) is 5.46. The fraction of sp³-hybridized carbons (Fsp3) is 0.115. The van der Waals surface area contributed by atoms with E-state index in [1.165, 1.54) is 0 Å². The number of hydrogen-bond acceptors (Lipinski definition) is 4. The van der Waals surface area contributed by atoms with Gasteiger partial charge >= 0.3 is 0 Å². The minimum atomic E-state index is -0.166. The van der Waals surface area contributed by atoms with Gasteiger partial charge in [0.15, 0.2) is 0 Å². The molecule has 0 unspecified atom stereocenters. The summed E-state index contributed by atoms with van der Waals surface area (Å²) in [6.45, 7) is 1.99. The Balaban J connectivity index is 1.46. The summed E-state index contributed by atoms with van der Waals surface area (Å²) in [7, 11) is 1.78. The molecule has 5 rings (SSSR count). The summed E-state index contributed by atoms with van der Waals surface area (Å²) in [5, 5.41) is 8.52. The van der Waals surface area contributed by atoms with Gasteiger partial charge in [-0.05, 0) is 36.8 Å². The van der Waals surface area contributed by atoms with Crippen LogP contribution in [0.3, 0.4) is 0 Å². The molecule has 7 heteroatoms. The largest absolute Gasteiger partial charge is 0.436 e. The number of hydrogen-bond donors (Lipinski definition) is 1. The van der Waals surface area contributed by atoms with Gasteiger partial charge in [0, 0.05) is 29.8 Å². The van der Waals surface area contributed by atoms with E-state index in [1.54, 1.807) is 36.3 Å². The number of rotatable bonds is 6. The maximum absolute atomic E-state index is 13.2. The second-order valence-corrected chi connectivity index (χ2v) is 7.77. The zero-order valence-corrected chi connectivity index (χ0v) is 18.4. The molecule has 1 amide bonds. The maximum Gasteiger partial charge on any atom is 0.244 e. The summed E-state index contributed by atoms with van der Waals surface area (Å²) >= 11 is 0. The predicted octanol–water partition coefficient (Wildman–Crippen LogP) is 5.18. The molecule has 0 radical (unpaired) electrons. The molecule has 3 aromatic heterocycles. The van der Waals surface area contributed by atoms with Crippen LogP contribution in [0.1, 0.15) is 5.69 Å². The Morgan fingerprint density at radius 2 is 1.82 bits per heavy atom. The van der Waals surface area contributed by atoms with E-state index >= 15 is 0 Å². The molecule has 0 aliphatic rings. The van der Waals surface area contributed by atoms with Gasteiger partial charge in [0.1, 0.15) is 18.0 Å². The Morgan fingerprint density at radius 3 is 2.61 bits per heavy atom. The first-order valence-corrected chi connectivity index (χ1v) is 10.6. The lowest BCUT2D eigenvalue weighted by Gasteiger charge is -2.13. The Hall–Kier alpha value is -4.39. The summed E-state index contributed by atoms with van der Waals surface area (Å²) in [6.07, 6.45) is 3.29. The van der Waals surface area contributed by atoms with Crippen molar-refractivity contribution < 1.29 is 9.53 Å². The molecule has 164 valence electrons. The number of benzene rings is 2. The molecule has 0 saturated heterocycles. The number of nitrogens with zero attached hydrogens (tertiary/aromatic N) is 4. The third kappa shape index (κ3) is 4.08. The van der Waals surface area contributed by atoms with E-state index < -0.39 is 0 Å². The maximum atomic E-state index is 13.2. The van der Waals surface area contributed by atoms with E-state index in [2.05, 4.69) is 27.5 Å². The highest BCUT2D eigenvalue weighted by molar-refractivity contribution is 5.95. The van der Waals surface area contributed by atoms with Crippen LogP contribution < -0.4 is 10.1 Å². The normalized spacial score (nSPS) is 11.0. The van der Waals surface area contributed by atoms with Gasteiger partial charge in [-0.3, -0.25) is 9.78 Å². The van der Waals surface area contributed by atoms with E-state index in [4.69, 9.17) is 4.74 Å². The SMILES string of the molecule is Cc1nn(C)c(Oc2cccnc2)c1NC(=O)Cn1c(-c2ccccc2)cc2ccccc21. The Morgan fingerprint density at radius 1 is 1.03 bits per heavy atom. The van der Waals surface area contributed by atoms with Crippen molar-refractivity contribution in [1.82, 2.24) is 19.3 Å². The van der Waals surface area contributed by atoms with Gasteiger partial charge in [0.25, 0.3) is 0 Å². The highest BCUT2D eigenvalue weighted by Crippen LogP contribution is 2.32. The summed E-state index contributed by atoms with van der Waals surface area (Å²) < 4.78 is 9.62. The highest BCUT2D eigenvalue weighted by atomic mass is 16.5. The van der Waals surface area contributed by atoms with Crippen LogP contribution in [0.15, 0.2) is 85.2 Å². The van der Waals surface area contributed by atoms with Gasteiger partial charge in [-0.1, -0.05) is 48.5 Å². The molecular weight excluding hydrogens is 414 g/mol. The number of nitrogens with one attached hydrogen (secondary N) is 1. The van der Waals surface area contributed by atoms with E-state index in [9.17, 15) is 4.79 Å². The fourth-order valence-electron chi connectivity index (χ4n) is 3.97. The van der Waals surface area contributed by atoms with Crippen LogP contribution in [-0.4, -0.2) is 25.2 Å². The molecule has 0 fully saturated rings. The first-order valence-electron chi connectivity index (χ1n) is 10.6. The van der Waals surface area contributed by atoms with Crippen molar-refractivity contribution in [2.24, 2.45) is 7.05 Å². The quantitative estimate of drug-likeness (QED) is 0.397. The van der Waals surface area contributed by atoms with Crippen molar-refractivity contribution in [2.75, 3.05) is 5.32 Å². The van der Waals surface area contributed by atoms with E-state index in [1.807, 2.05) is 60.0 Å². The topological polar surface area (TPSA) is 74.0 Å². The summed E-state index contributed by atoms with van der Waals surface area (Å²) in [5.74, 6) is 0.855. The lowest BCUT2D eigenvalue weighted by molar-refractivity contribution is -0.116.